The Labute approximate surface area is 105 Å². The highest BCUT2D eigenvalue weighted by Gasteiger charge is 2.32. The molecule has 1 aromatic heterocycles. The van der Waals surface area contributed by atoms with Crippen molar-refractivity contribution in [2.45, 2.75) is 52.5 Å². The summed E-state index contributed by atoms with van der Waals surface area (Å²) in [5.74, 6) is 1.49. The monoisotopic (exact) mass is 235 g/mol. The fraction of sp³-hybridized carbons (Fsp3) is 0.733. The molecule has 0 aromatic carbocycles. The maximum absolute atomic E-state index is 6.31. The van der Waals surface area contributed by atoms with E-state index in [2.05, 4.69) is 20.8 Å². The summed E-state index contributed by atoms with van der Waals surface area (Å²) in [6.07, 6.45) is 8.67. The van der Waals surface area contributed by atoms with Gasteiger partial charge in [-0.05, 0) is 49.0 Å². The van der Waals surface area contributed by atoms with Crippen molar-refractivity contribution in [2.24, 2.45) is 23.0 Å². The van der Waals surface area contributed by atoms with E-state index in [4.69, 9.17) is 10.2 Å². The number of nitrogens with two attached hydrogens (primary N) is 1. The first-order valence-electron chi connectivity index (χ1n) is 6.76. The van der Waals surface area contributed by atoms with Crippen molar-refractivity contribution >= 4 is 0 Å². The van der Waals surface area contributed by atoms with Gasteiger partial charge in [0.05, 0.1) is 12.5 Å². The first-order valence-corrected chi connectivity index (χ1v) is 6.76. The number of hydrogen-bond acceptors (Lipinski definition) is 2. The molecule has 2 heteroatoms. The van der Waals surface area contributed by atoms with Crippen LogP contribution < -0.4 is 5.73 Å². The molecule has 1 atom stereocenters. The van der Waals surface area contributed by atoms with Crippen LogP contribution in [0.25, 0.3) is 0 Å². The first kappa shape index (κ1) is 12.7. The van der Waals surface area contributed by atoms with E-state index in [9.17, 15) is 0 Å². The Hall–Kier alpha value is -0.760. The third kappa shape index (κ3) is 2.92. The Balaban J connectivity index is 1.91. The zero-order chi connectivity index (χ0) is 12.5. The lowest BCUT2D eigenvalue weighted by atomic mass is 9.68. The molecule has 1 aliphatic rings. The Morgan fingerprint density at radius 1 is 1.24 bits per heavy atom. The van der Waals surface area contributed by atoms with E-state index in [0.29, 0.717) is 11.3 Å². The molecule has 0 aliphatic heterocycles. The summed E-state index contributed by atoms with van der Waals surface area (Å²) in [6.45, 7) is 7.07. The zero-order valence-electron chi connectivity index (χ0n) is 11.3. The van der Waals surface area contributed by atoms with Gasteiger partial charge in [0.25, 0.3) is 0 Å². The second-order valence-corrected chi connectivity index (χ2v) is 6.56. The molecule has 1 unspecified atom stereocenters. The van der Waals surface area contributed by atoms with Gasteiger partial charge in [-0.15, -0.1) is 0 Å². The molecule has 1 aromatic rings. The molecule has 1 heterocycles. The SMILES string of the molecule is CC(C)(C)C1CCC(C(N)c2ccoc2)CC1. The van der Waals surface area contributed by atoms with E-state index < -0.39 is 0 Å². The van der Waals surface area contributed by atoms with E-state index in [0.717, 1.165) is 11.5 Å². The predicted molar refractivity (Wildman–Crippen MR) is 70.5 cm³/mol. The Kier molecular flexibility index (Phi) is 3.62. The predicted octanol–water partition coefficient (Wildman–Crippen LogP) is 4.13. The van der Waals surface area contributed by atoms with Gasteiger partial charge in [0.15, 0.2) is 0 Å². The second-order valence-electron chi connectivity index (χ2n) is 6.56. The van der Waals surface area contributed by atoms with Gasteiger partial charge in [-0.1, -0.05) is 20.8 Å². The van der Waals surface area contributed by atoms with Crippen LogP contribution in [0.1, 0.15) is 58.1 Å². The van der Waals surface area contributed by atoms with E-state index in [1.807, 2.05) is 6.07 Å². The number of furan rings is 1. The van der Waals surface area contributed by atoms with Crippen LogP contribution in [-0.4, -0.2) is 0 Å². The molecule has 0 saturated heterocycles. The molecule has 17 heavy (non-hydrogen) atoms. The lowest BCUT2D eigenvalue weighted by molar-refractivity contribution is 0.139. The summed E-state index contributed by atoms with van der Waals surface area (Å²) in [4.78, 5) is 0. The minimum atomic E-state index is 0.162. The van der Waals surface area contributed by atoms with Gasteiger partial charge in [0.1, 0.15) is 0 Å². The van der Waals surface area contributed by atoms with Gasteiger partial charge < -0.3 is 10.2 Å². The average Bonchev–Trinajstić information content (AvgIpc) is 2.80. The molecule has 0 amide bonds. The van der Waals surface area contributed by atoms with Gasteiger partial charge >= 0.3 is 0 Å². The molecular weight excluding hydrogens is 210 g/mol. The summed E-state index contributed by atoms with van der Waals surface area (Å²) in [5, 5.41) is 0. The maximum Gasteiger partial charge on any atom is 0.0950 e. The molecule has 96 valence electrons. The van der Waals surface area contributed by atoms with Gasteiger partial charge in [0.2, 0.25) is 0 Å². The standard InChI is InChI=1S/C15H25NO/c1-15(2,3)13-6-4-11(5-7-13)14(16)12-8-9-17-10-12/h8-11,13-14H,4-7,16H2,1-3H3. The van der Waals surface area contributed by atoms with Crippen LogP contribution in [0.2, 0.25) is 0 Å². The van der Waals surface area contributed by atoms with Gasteiger partial charge in [-0.2, -0.15) is 0 Å². The van der Waals surface area contributed by atoms with Crippen LogP contribution in [-0.2, 0) is 0 Å². The third-order valence-corrected chi connectivity index (χ3v) is 4.43. The van der Waals surface area contributed by atoms with E-state index in [-0.39, 0.29) is 6.04 Å². The van der Waals surface area contributed by atoms with E-state index in [1.165, 1.54) is 25.7 Å². The highest BCUT2D eigenvalue weighted by atomic mass is 16.3. The van der Waals surface area contributed by atoms with Crippen molar-refractivity contribution in [1.29, 1.82) is 0 Å². The summed E-state index contributed by atoms with van der Waals surface area (Å²) < 4.78 is 5.12. The Morgan fingerprint density at radius 3 is 2.35 bits per heavy atom. The topological polar surface area (TPSA) is 39.2 Å². The third-order valence-electron chi connectivity index (χ3n) is 4.43. The van der Waals surface area contributed by atoms with Crippen LogP contribution in [0, 0.1) is 17.3 Å². The van der Waals surface area contributed by atoms with Crippen LogP contribution in [0.3, 0.4) is 0 Å². The molecule has 2 nitrogen and oxygen atoms in total. The Bertz CT molecular complexity index is 328. The summed E-state index contributed by atoms with van der Waals surface area (Å²) in [5.41, 5.74) is 7.91. The van der Waals surface area contributed by atoms with Gasteiger partial charge in [-0.3, -0.25) is 0 Å². The van der Waals surface area contributed by atoms with Crippen LogP contribution >= 0.6 is 0 Å². The highest BCUT2D eigenvalue weighted by Crippen LogP contribution is 2.42. The minimum absolute atomic E-state index is 0.162. The van der Waals surface area contributed by atoms with Gasteiger partial charge in [-0.25, -0.2) is 0 Å². The van der Waals surface area contributed by atoms with Crippen molar-refractivity contribution in [3.8, 4) is 0 Å². The van der Waals surface area contributed by atoms with Crippen molar-refractivity contribution in [3.63, 3.8) is 0 Å². The molecule has 1 saturated carbocycles. The normalized spacial score (nSPS) is 28.0. The fourth-order valence-corrected chi connectivity index (χ4v) is 3.08. The van der Waals surface area contributed by atoms with Crippen molar-refractivity contribution in [2.75, 3.05) is 0 Å². The van der Waals surface area contributed by atoms with Crippen molar-refractivity contribution in [3.05, 3.63) is 24.2 Å². The van der Waals surface area contributed by atoms with Gasteiger partial charge in [0, 0.05) is 11.6 Å². The van der Waals surface area contributed by atoms with Crippen LogP contribution in [0.4, 0.5) is 0 Å². The summed E-state index contributed by atoms with van der Waals surface area (Å²) >= 11 is 0. The molecule has 0 spiro atoms. The molecule has 1 fully saturated rings. The zero-order valence-corrected chi connectivity index (χ0v) is 11.3. The first-order chi connectivity index (χ1) is 7.98. The molecule has 0 radical (unpaired) electrons. The van der Waals surface area contributed by atoms with E-state index in [1.54, 1.807) is 12.5 Å². The lowest BCUT2D eigenvalue weighted by Gasteiger charge is -2.38. The molecule has 2 rings (SSSR count). The van der Waals surface area contributed by atoms with Crippen LogP contribution in [0.5, 0.6) is 0 Å². The quantitative estimate of drug-likeness (QED) is 0.837. The van der Waals surface area contributed by atoms with Crippen molar-refractivity contribution < 1.29 is 4.42 Å². The van der Waals surface area contributed by atoms with E-state index >= 15 is 0 Å². The number of rotatable bonds is 2. The van der Waals surface area contributed by atoms with Crippen molar-refractivity contribution in [1.82, 2.24) is 0 Å². The summed E-state index contributed by atoms with van der Waals surface area (Å²) in [6, 6.07) is 2.16. The number of hydrogen-bond donors (Lipinski definition) is 1. The molecule has 0 bridgehead atoms. The second kappa shape index (κ2) is 4.85. The molecule has 2 N–H and O–H groups in total. The summed E-state index contributed by atoms with van der Waals surface area (Å²) in [7, 11) is 0. The minimum Gasteiger partial charge on any atom is -0.472 e. The lowest BCUT2D eigenvalue weighted by Crippen LogP contribution is -2.30. The molecule has 1 aliphatic carbocycles. The highest BCUT2D eigenvalue weighted by molar-refractivity contribution is 5.12. The smallest absolute Gasteiger partial charge is 0.0950 e. The largest absolute Gasteiger partial charge is 0.472 e. The maximum atomic E-state index is 6.31. The fourth-order valence-electron chi connectivity index (χ4n) is 3.08. The Morgan fingerprint density at radius 2 is 1.88 bits per heavy atom. The molecular formula is C15H25NO. The van der Waals surface area contributed by atoms with Crippen LogP contribution in [0.15, 0.2) is 23.0 Å². The average molecular weight is 235 g/mol.